The van der Waals surface area contributed by atoms with E-state index in [4.69, 9.17) is 16.3 Å². The molecule has 6 heteroatoms. The largest absolute Gasteiger partial charge is 0.391 e. The molecule has 0 fully saturated rings. The quantitative estimate of drug-likeness (QED) is 0.906. The summed E-state index contributed by atoms with van der Waals surface area (Å²) in [7, 11) is 1.59. The van der Waals surface area contributed by atoms with Crippen molar-refractivity contribution in [3.8, 4) is 0 Å². The van der Waals surface area contributed by atoms with Crippen molar-refractivity contribution in [1.29, 1.82) is 0 Å². The lowest BCUT2D eigenvalue weighted by atomic mass is 10.2. The second kappa shape index (κ2) is 6.52. The van der Waals surface area contributed by atoms with Gasteiger partial charge in [0.05, 0.1) is 25.5 Å². The third-order valence-electron chi connectivity index (χ3n) is 2.78. The number of rotatable bonds is 5. The van der Waals surface area contributed by atoms with Crippen molar-refractivity contribution >= 4 is 27.5 Å². The molecule has 19 heavy (non-hydrogen) atoms. The minimum absolute atomic E-state index is 0.145. The van der Waals surface area contributed by atoms with Crippen LogP contribution in [0.15, 0.2) is 28.7 Å². The van der Waals surface area contributed by atoms with Crippen LogP contribution in [0.25, 0.3) is 0 Å². The zero-order valence-electron chi connectivity index (χ0n) is 10.4. The first-order chi connectivity index (χ1) is 9.17. The number of benzene rings is 1. The number of methoxy groups -OCH3 is 1. The zero-order valence-corrected chi connectivity index (χ0v) is 12.8. The molecule has 0 atom stereocenters. The number of aliphatic hydroxyl groups is 1. The summed E-state index contributed by atoms with van der Waals surface area (Å²) < 4.78 is 7.73. The summed E-state index contributed by atoms with van der Waals surface area (Å²) in [6.45, 7) is 0.725. The molecule has 0 saturated carbocycles. The van der Waals surface area contributed by atoms with E-state index in [0.29, 0.717) is 29.6 Å². The van der Waals surface area contributed by atoms with E-state index in [9.17, 15) is 5.11 Å². The predicted molar refractivity (Wildman–Crippen MR) is 77.1 cm³/mol. The topological polar surface area (TPSA) is 47.3 Å². The van der Waals surface area contributed by atoms with E-state index in [1.807, 2.05) is 24.3 Å². The lowest BCUT2D eigenvalue weighted by Crippen LogP contribution is -2.03. The minimum atomic E-state index is -0.145. The Hall–Kier alpha value is -0.880. The molecule has 1 heterocycles. The summed E-state index contributed by atoms with van der Waals surface area (Å²) in [5.74, 6) is 0. The van der Waals surface area contributed by atoms with Gasteiger partial charge in [0.1, 0.15) is 5.15 Å². The SMILES string of the molecule is COCc1nn(Cc2ccccc2Br)c(Cl)c1CO. The zero-order chi connectivity index (χ0) is 13.8. The highest BCUT2D eigenvalue weighted by Gasteiger charge is 2.16. The molecule has 1 aromatic carbocycles. The van der Waals surface area contributed by atoms with E-state index < -0.39 is 0 Å². The van der Waals surface area contributed by atoms with Gasteiger partial charge in [0, 0.05) is 17.1 Å². The molecule has 0 aliphatic carbocycles. The van der Waals surface area contributed by atoms with Gasteiger partial charge >= 0.3 is 0 Å². The number of hydrogen-bond donors (Lipinski definition) is 1. The van der Waals surface area contributed by atoms with Crippen molar-refractivity contribution in [2.75, 3.05) is 7.11 Å². The van der Waals surface area contributed by atoms with Gasteiger partial charge in [0.2, 0.25) is 0 Å². The van der Waals surface area contributed by atoms with E-state index in [1.165, 1.54) is 0 Å². The molecule has 0 radical (unpaired) electrons. The van der Waals surface area contributed by atoms with Crippen LogP contribution in [0.4, 0.5) is 0 Å². The van der Waals surface area contributed by atoms with E-state index in [0.717, 1.165) is 10.0 Å². The van der Waals surface area contributed by atoms with Gasteiger partial charge in [0.25, 0.3) is 0 Å². The number of aromatic nitrogens is 2. The van der Waals surface area contributed by atoms with Crippen LogP contribution in [0.3, 0.4) is 0 Å². The van der Waals surface area contributed by atoms with Crippen LogP contribution in [-0.4, -0.2) is 22.0 Å². The fraction of sp³-hybridized carbons (Fsp3) is 0.308. The van der Waals surface area contributed by atoms with Crippen LogP contribution in [-0.2, 0) is 24.5 Å². The average molecular weight is 346 g/mol. The minimum Gasteiger partial charge on any atom is -0.391 e. The fourth-order valence-electron chi connectivity index (χ4n) is 1.83. The Morgan fingerprint density at radius 2 is 2.16 bits per heavy atom. The fourth-order valence-corrected chi connectivity index (χ4v) is 2.50. The van der Waals surface area contributed by atoms with Gasteiger partial charge in [-0.3, -0.25) is 0 Å². The van der Waals surface area contributed by atoms with Gasteiger partial charge < -0.3 is 9.84 Å². The maximum atomic E-state index is 9.36. The average Bonchev–Trinajstić information content (AvgIpc) is 2.69. The highest BCUT2D eigenvalue weighted by atomic mass is 79.9. The van der Waals surface area contributed by atoms with Crippen molar-refractivity contribution in [3.63, 3.8) is 0 Å². The number of halogens is 2. The number of hydrogen-bond acceptors (Lipinski definition) is 3. The monoisotopic (exact) mass is 344 g/mol. The first-order valence-electron chi connectivity index (χ1n) is 5.74. The maximum Gasteiger partial charge on any atom is 0.133 e. The van der Waals surface area contributed by atoms with E-state index in [2.05, 4.69) is 21.0 Å². The molecule has 4 nitrogen and oxygen atoms in total. The predicted octanol–water partition coefficient (Wildman–Crippen LogP) is 2.99. The molecular weight excluding hydrogens is 332 g/mol. The van der Waals surface area contributed by atoms with Gasteiger partial charge in [0.15, 0.2) is 0 Å². The number of ether oxygens (including phenoxy) is 1. The van der Waals surface area contributed by atoms with Crippen molar-refractivity contribution in [1.82, 2.24) is 9.78 Å². The molecule has 0 spiro atoms. The van der Waals surface area contributed by atoms with Gasteiger partial charge in [-0.05, 0) is 11.6 Å². The summed E-state index contributed by atoms with van der Waals surface area (Å²) in [5, 5.41) is 14.2. The summed E-state index contributed by atoms with van der Waals surface area (Å²) in [6.07, 6.45) is 0. The molecule has 2 rings (SSSR count). The molecule has 0 aliphatic heterocycles. The molecule has 0 aliphatic rings. The Morgan fingerprint density at radius 1 is 1.42 bits per heavy atom. The van der Waals surface area contributed by atoms with Crippen molar-refractivity contribution in [2.45, 2.75) is 19.8 Å². The molecule has 1 N–H and O–H groups in total. The van der Waals surface area contributed by atoms with Crippen LogP contribution in [0, 0.1) is 0 Å². The van der Waals surface area contributed by atoms with Crippen LogP contribution in [0.1, 0.15) is 16.8 Å². The van der Waals surface area contributed by atoms with Gasteiger partial charge in [-0.25, -0.2) is 4.68 Å². The Kier molecular flexibility index (Phi) is 4.99. The Labute approximate surface area is 125 Å². The summed E-state index contributed by atoms with van der Waals surface area (Å²) in [6, 6.07) is 7.88. The molecule has 0 saturated heterocycles. The number of nitrogens with zero attached hydrogens (tertiary/aromatic N) is 2. The van der Waals surface area contributed by atoms with Gasteiger partial charge in [-0.15, -0.1) is 0 Å². The van der Waals surface area contributed by atoms with Crippen molar-refractivity contribution < 1.29 is 9.84 Å². The second-order valence-electron chi connectivity index (χ2n) is 4.06. The molecule has 0 bridgehead atoms. The van der Waals surface area contributed by atoms with E-state index >= 15 is 0 Å². The smallest absolute Gasteiger partial charge is 0.133 e. The van der Waals surface area contributed by atoms with E-state index in [-0.39, 0.29) is 6.61 Å². The molecular formula is C13H14BrClN2O2. The lowest BCUT2D eigenvalue weighted by Gasteiger charge is -2.05. The van der Waals surface area contributed by atoms with Crippen LogP contribution >= 0.6 is 27.5 Å². The molecule has 102 valence electrons. The third-order valence-corrected chi connectivity index (χ3v) is 3.98. The molecule has 0 unspecified atom stereocenters. The summed E-state index contributed by atoms with van der Waals surface area (Å²) >= 11 is 9.73. The molecule has 1 aromatic heterocycles. The lowest BCUT2D eigenvalue weighted by molar-refractivity contribution is 0.177. The Balaban J connectivity index is 2.33. The number of aliphatic hydroxyl groups excluding tert-OH is 1. The van der Waals surface area contributed by atoms with Gasteiger partial charge in [-0.2, -0.15) is 5.10 Å². The molecule has 0 amide bonds. The first kappa shape index (κ1) is 14.5. The second-order valence-corrected chi connectivity index (χ2v) is 5.27. The van der Waals surface area contributed by atoms with Crippen molar-refractivity contribution in [2.24, 2.45) is 0 Å². The van der Waals surface area contributed by atoms with Crippen molar-refractivity contribution in [3.05, 3.63) is 50.7 Å². The van der Waals surface area contributed by atoms with Crippen LogP contribution in [0.5, 0.6) is 0 Å². The maximum absolute atomic E-state index is 9.36. The van der Waals surface area contributed by atoms with E-state index in [1.54, 1.807) is 11.8 Å². The summed E-state index contributed by atoms with van der Waals surface area (Å²) in [5.41, 5.74) is 2.36. The third kappa shape index (κ3) is 3.17. The summed E-state index contributed by atoms with van der Waals surface area (Å²) in [4.78, 5) is 0. The van der Waals surface area contributed by atoms with Crippen LogP contribution in [0.2, 0.25) is 5.15 Å². The first-order valence-corrected chi connectivity index (χ1v) is 6.91. The Morgan fingerprint density at radius 3 is 2.79 bits per heavy atom. The van der Waals surface area contributed by atoms with Gasteiger partial charge in [-0.1, -0.05) is 45.7 Å². The normalized spacial score (nSPS) is 10.9. The highest BCUT2D eigenvalue weighted by molar-refractivity contribution is 9.10. The molecule has 2 aromatic rings. The standard InChI is InChI=1S/C13H14BrClN2O2/c1-19-8-12-10(7-18)13(15)17(16-12)6-9-4-2-3-5-11(9)14/h2-5,18H,6-8H2,1H3. The van der Waals surface area contributed by atoms with Crippen LogP contribution < -0.4 is 0 Å². The highest BCUT2D eigenvalue weighted by Crippen LogP contribution is 2.24. The Bertz CT molecular complexity index is 572.